The third kappa shape index (κ3) is 6.29. The Hall–Kier alpha value is -5.66. The monoisotopic (exact) mass is 716 g/mol. The largest absolute Gasteiger partial charge is 0.455 e. The second-order valence-corrected chi connectivity index (χ2v) is 13.9. The molecule has 1 spiro atoms. The minimum Gasteiger partial charge on any atom is -0.455 e. The van der Waals surface area contributed by atoms with Crippen LogP contribution in [0.5, 0.6) is 0 Å². The molecular weight excluding hydrogens is 676 g/mol. The molecular formula is C40H40N6O7. The smallest absolute Gasteiger partial charge is 0.313 e. The lowest BCUT2D eigenvalue weighted by molar-refractivity contribution is -0.160. The highest BCUT2D eigenvalue weighted by Gasteiger charge is 2.74. The quantitative estimate of drug-likeness (QED) is 0.217. The van der Waals surface area contributed by atoms with Crippen LogP contribution < -0.4 is 5.32 Å². The van der Waals surface area contributed by atoms with E-state index in [-0.39, 0.29) is 38.5 Å². The maximum absolute atomic E-state index is 15.2. The van der Waals surface area contributed by atoms with Crippen molar-refractivity contribution in [2.24, 2.45) is 11.8 Å². The number of esters is 1. The van der Waals surface area contributed by atoms with Gasteiger partial charge in [0.2, 0.25) is 11.8 Å². The summed E-state index contributed by atoms with van der Waals surface area (Å²) in [7, 11) is 0. The minimum atomic E-state index is -1.51. The van der Waals surface area contributed by atoms with Gasteiger partial charge in [-0.3, -0.25) is 19.2 Å². The van der Waals surface area contributed by atoms with Crippen LogP contribution in [0.3, 0.4) is 0 Å². The molecule has 3 amide bonds. The van der Waals surface area contributed by atoms with Gasteiger partial charge in [-0.1, -0.05) is 102 Å². The number of carbonyl (C=O) groups is 4. The predicted octanol–water partition coefficient (Wildman–Crippen LogP) is 2.72. The number of nitrogens with one attached hydrogen (secondary N) is 1. The lowest BCUT2D eigenvalue weighted by Gasteiger charge is -2.38. The Bertz CT molecular complexity index is 2070. The summed E-state index contributed by atoms with van der Waals surface area (Å²) in [6.45, 7) is -0.292. The first-order chi connectivity index (χ1) is 25.9. The zero-order valence-corrected chi connectivity index (χ0v) is 28.9. The van der Waals surface area contributed by atoms with E-state index < -0.39 is 66.1 Å². The van der Waals surface area contributed by atoms with Crippen molar-refractivity contribution in [2.75, 3.05) is 19.7 Å². The number of rotatable bonds is 7. The number of ether oxygens (including phenoxy) is 2. The van der Waals surface area contributed by atoms with Crippen molar-refractivity contribution >= 4 is 34.7 Å². The van der Waals surface area contributed by atoms with Gasteiger partial charge in [0.25, 0.3) is 5.91 Å². The lowest BCUT2D eigenvalue weighted by Crippen LogP contribution is -2.59. The molecule has 0 unspecified atom stereocenters. The zero-order valence-electron chi connectivity index (χ0n) is 28.9. The summed E-state index contributed by atoms with van der Waals surface area (Å²) in [4.78, 5) is 60.4. The lowest BCUT2D eigenvalue weighted by atomic mass is 9.74. The molecule has 2 saturated heterocycles. The number of para-hydroxylation sites is 1. The van der Waals surface area contributed by atoms with Crippen molar-refractivity contribution < 1.29 is 33.8 Å². The fraction of sp³-hybridized carbons (Fsp3) is 0.350. The highest BCUT2D eigenvalue weighted by molar-refractivity contribution is 5.99. The van der Waals surface area contributed by atoms with Crippen LogP contribution in [-0.2, 0) is 41.7 Å². The van der Waals surface area contributed by atoms with Crippen molar-refractivity contribution in [2.45, 2.75) is 55.8 Å². The van der Waals surface area contributed by atoms with Gasteiger partial charge in [-0.25, -0.2) is 4.68 Å². The van der Waals surface area contributed by atoms with Crippen molar-refractivity contribution in [3.05, 3.63) is 120 Å². The van der Waals surface area contributed by atoms with Gasteiger partial charge in [0, 0.05) is 13.0 Å². The molecule has 13 heteroatoms. The fourth-order valence-electron chi connectivity index (χ4n) is 8.20. The summed E-state index contributed by atoms with van der Waals surface area (Å²) in [6, 6.07) is 23.9. The Morgan fingerprint density at radius 2 is 1.68 bits per heavy atom. The second-order valence-electron chi connectivity index (χ2n) is 13.9. The number of fused-ring (bicyclic) bond motifs is 3. The van der Waals surface area contributed by atoms with Gasteiger partial charge >= 0.3 is 5.97 Å². The predicted molar refractivity (Wildman–Crippen MR) is 191 cm³/mol. The van der Waals surface area contributed by atoms with Crippen LogP contribution in [0.25, 0.3) is 11.0 Å². The summed E-state index contributed by atoms with van der Waals surface area (Å²) in [5.74, 6) is -3.98. The Kier molecular flexibility index (Phi) is 9.35. The van der Waals surface area contributed by atoms with Crippen molar-refractivity contribution in [1.82, 2.24) is 30.1 Å². The molecule has 8 rings (SSSR count). The van der Waals surface area contributed by atoms with Crippen LogP contribution in [0.4, 0.5) is 0 Å². The Labute approximate surface area is 305 Å². The van der Waals surface area contributed by atoms with E-state index in [1.54, 1.807) is 21.7 Å². The number of hydrogen-bond donors (Lipinski definition) is 2. The third-order valence-electron chi connectivity index (χ3n) is 10.7. The standard InChI is InChI=1S/C40H40N6O7/c47-24-28(22-26-12-4-1-5-13-26)46-36-38(50)44(25-45-30-17-10-9-16-29(30)42-43-45)21-11-3-8-18-33(48)41-23-32(27-14-6-2-7-15-27)52-39(51)34-31-19-20-40(36,53-31)35(34)37(46)49/h1-7,9-17,19-20,28,31-32,34-36,47H,8,18,21-25H2,(H,41,48)/b11-3-/t28-,31-,32-,34+,35+,36-,40+/m1/s1. The highest BCUT2D eigenvalue weighted by Crippen LogP contribution is 2.56. The van der Waals surface area contributed by atoms with E-state index in [1.165, 1.54) is 4.90 Å². The first kappa shape index (κ1) is 34.4. The van der Waals surface area contributed by atoms with Crippen molar-refractivity contribution in [3.63, 3.8) is 0 Å². The fourth-order valence-corrected chi connectivity index (χ4v) is 8.20. The average Bonchev–Trinajstić information content (AvgIpc) is 3.94. The van der Waals surface area contributed by atoms with E-state index in [2.05, 4.69) is 15.6 Å². The van der Waals surface area contributed by atoms with Gasteiger partial charge in [-0.05, 0) is 36.1 Å². The molecule has 0 saturated carbocycles. The molecule has 4 aromatic rings. The Morgan fingerprint density at radius 3 is 2.47 bits per heavy atom. The second kappa shape index (κ2) is 14.4. The molecule has 7 atom stereocenters. The number of hydrogen-bond acceptors (Lipinski definition) is 9. The van der Waals surface area contributed by atoms with Gasteiger partial charge in [-0.2, -0.15) is 0 Å². The number of likely N-dealkylation sites (tertiary alicyclic amines) is 1. The number of cyclic esters (lactones) is 1. The molecule has 5 heterocycles. The number of amides is 3. The van der Waals surface area contributed by atoms with Crippen LogP contribution in [0.1, 0.15) is 30.1 Å². The topological polar surface area (TPSA) is 156 Å². The van der Waals surface area contributed by atoms with Crippen LogP contribution in [0.15, 0.2) is 109 Å². The number of carbonyl (C=O) groups excluding carboxylic acids is 4. The molecule has 2 N–H and O–H groups in total. The zero-order chi connectivity index (χ0) is 36.5. The maximum atomic E-state index is 15.2. The molecule has 53 heavy (non-hydrogen) atoms. The first-order valence-electron chi connectivity index (χ1n) is 18.0. The normalized spacial score (nSPS) is 28.6. The maximum Gasteiger partial charge on any atom is 0.313 e. The molecule has 4 aliphatic rings. The molecule has 0 aliphatic carbocycles. The van der Waals surface area contributed by atoms with Crippen molar-refractivity contribution in [3.8, 4) is 0 Å². The first-order valence-corrected chi connectivity index (χ1v) is 18.0. The highest BCUT2D eigenvalue weighted by atomic mass is 16.6. The number of aliphatic hydroxyl groups is 1. The molecule has 13 nitrogen and oxygen atoms in total. The van der Waals surface area contributed by atoms with Gasteiger partial charge in [0.05, 0.1) is 36.7 Å². The molecule has 272 valence electrons. The molecule has 1 aromatic heterocycles. The van der Waals surface area contributed by atoms with E-state index in [1.807, 2.05) is 97.1 Å². The van der Waals surface area contributed by atoms with E-state index in [4.69, 9.17) is 9.47 Å². The Morgan fingerprint density at radius 1 is 0.925 bits per heavy atom. The molecule has 2 fully saturated rings. The number of allylic oxidation sites excluding steroid dienone is 1. The number of aliphatic hydroxyl groups excluding tert-OH is 1. The van der Waals surface area contributed by atoms with Gasteiger partial charge in [-0.15, -0.1) is 5.10 Å². The van der Waals surface area contributed by atoms with Gasteiger partial charge < -0.3 is 29.7 Å². The minimum absolute atomic E-state index is 0.0106. The summed E-state index contributed by atoms with van der Waals surface area (Å²) < 4.78 is 14.4. The van der Waals surface area contributed by atoms with Gasteiger partial charge in [0.15, 0.2) is 0 Å². The third-order valence-corrected chi connectivity index (χ3v) is 10.7. The molecule has 5 bridgehead atoms. The molecule has 0 radical (unpaired) electrons. The summed E-state index contributed by atoms with van der Waals surface area (Å²) >= 11 is 0. The van der Waals surface area contributed by atoms with Crippen LogP contribution in [0.2, 0.25) is 0 Å². The van der Waals surface area contributed by atoms with E-state index in [0.29, 0.717) is 23.0 Å². The van der Waals surface area contributed by atoms with Crippen LogP contribution >= 0.6 is 0 Å². The van der Waals surface area contributed by atoms with Crippen molar-refractivity contribution in [1.29, 1.82) is 0 Å². The van der Waals surface area contributed by atoms with E-state index >= 15 is 4.79 Å². The summed E-state index contributed by atoms with van der Waals surface area (Å²) in [6.07, 6.45) is 6.31. The van der Waals surface area contributed by atoms with E-state index in [0.717, 1.165) is 5.56 Å². The SMILES string of the molecule is O=C1CC/C=C\CN(Cn2nnc3ccccc32)C(=O)[C@H]2N([C@@H](CO)Cc3ccccc3)C(=O)[C@@H]3[C@@H](C(=O)O[C@@H](c4ccccc4)CN1)[C@H]1C=C[C@]32O1. The molecule has 4 aliphatic heterocycles. The summed E-state index contributed by atoms with van der Waals surface area (Å²) in [5, 5.41) is 22.4. The van der Waals surface area contributed by atoms with Crippen LogP contribution in [-0.4, -0.2) is 97.1 Å². The summed E-state index contributed by atoms with van der Waals surface area (Å²) in [5.41, 5.74) is 1.41. The number of nitrogens with zero attached hydrogens (tertiary/aromatic N) is 5. The average molecular weight is 717 g/mol. The van der Waals surface area contributed by atoms with Crippen LogP contribution in [0, 0.1) is 11.8 Å². The Balaban J connectivity index is 1.22. The molecule has 3 aromatic carbocycles. The van der Waals surface area contributed by atoms with Gasteiger partial charge in [0.1, 0.15) is 35.9 Å². The van der Waals surface area contributed by atoms with E-state index in [9.17, 15) is 19.5 Å². The number of aromatic nitrogens is 3. The number of benzene rings is 3.